The summed E-state index contributed by atoms with van der Waals surface area (Å²) in [7, 11) is 0. The molecule has 0 aliphatic heterocycles. The van der Waals surface area contributed by atoms with Crippen molar-refractivity contribution in [2.75, 3.05) is 6.54 Å². The number of aliphatic carboxylic acids is 1. The maximum Gasteiger partial charge on any atom is 0.303 e. The lowest BCUT2D eigenvalue weighted by atomic mass is 10.1. The van der Waals surface area contributed by atoms with Crippen molar-refractivity contribution in [2.24, 2.45) is 5.92 Å². The molecule has 0 aliphatic rings. The second-order valence-electron chi connectivity index (χ2n) is 4.65. The zero-order chi connectivity index (χ0) is 14.3. The van der Waals surface area contributed by atoms with E-state index in [2.05, 4.69) is 5.32 Å². The van der Waals surface area contributed by atoms with Gasteiger partial charge in [0.2, 0.25) is 5.91 Å². The lowest BCUT2D eigenvalue weighted by molar-refractivity contribution is -0.137. The molecule has 104 valence electrons. The van der Waals surface area contributed by atoms with Gasteiger partial charge in [-0.05, 0) is 30.0 Å². The third-order valence-corrected chi connectivity index (χ3v) is 2.99. The van der Waals surface area contributed by atoms with E-state index < -0.39 is 5.97 Å². The number of hydrogen-bond donors (Lipinski definition) is 2. The third kappa shape index (κ3) is 6.82. The molecular formula is C14H18ClNO3. The van der Waals surface area contributed by atoms with Crippen LogP contribution in [0.15, 0.2) is 24.3 Å². The number of carboxylic acid groups (broad SMARTS) is 1. The van der Waals surface area contributed by atoms with Crippen molar-refractivity contribution in [1.29, 1.82) is 0 Å². The van der Waals surface area contributed by atoms with Gasteiger partial charge in [0.05, 0.1) is 6.42 Å². The number of carboxylic acids is 1. The fourth-order valence-electron chi connectivity index (χ4n) is 1.65. The first-order valence-electron chi connectivity index (χ1n) is 6.20. The minimum atomic E-state index is -0.808. The highest BCUT2D eigenvalue weighted by atomic mass is 35.5. The molecule has 1 amide bonds. The molecule has 5 heteroatoms. The standard InChI is InChI=1S/C14H18ClNO3/c1-10(5-6-14(18)19)9-16-13(17)8-11-3-2-4-12(15)7-11/h2-4,7,10H,5-6,8-9H2,1H3,(H,16,17)(H,18,19). The number of carbonyl (C=O) groups is 2. The molecule has 4 nitrogen and oxygen atoms in total. The van der Waals surface area contributed by atoms with E-state index in [4.69, 9.17) is 16.7 Å². The van der Waals surface area contributed by atoms with E-state index in [1.807, 2.05) is 13.0 Å². The largest absolute Gasteiger partial charge is 0.481 e. The Morgan fingerprint density at radius 3 is 2.79 bits per heavy atom. The molecular weight excluding hydrogens is 266 g/mol. The first-order chi connectivity index (χ1) is 8.97. The van der Waals surface area contributed by atoms with Crippen LogP contribution in [-0.2, 0) is 16.0 Å². The zero-order valence-corrected chi connectivity index (χ0v) is 11.6. The quantitative estimate of drug-likeness (QED) is 0.808. The van der Waals surface area contributed by atoms with Gasteiger partial charge in [-0.1, -0.05) is 30.7 Å². The Labute approximate surface area is 117 Å². The van der Waals surface area contributed by atoms with Crippen molar-refractivity contribution in [3.63, 3.8) is 0 Å². The van der Waals surface area contributed by atoms with Crippen LogP contribution in [0.25, 0.3) is 0 Å². The molecule has 0 saturated heterocycles. The lowest BCUT2D eigenvalue weighted by Crippen LogP contribution is -2.29. The third-order valence-electron chi connectivity index (χ3n) is 2.75. The van der Waals surface area contributed by atoms with Gasteiger partial charge in [-0.25, -0.2) is 0 Å². The summed E-state index contributed by atoms with van der Waals surface area (Å²) in [6, 6.07) is 7.17. The highest BCUT2D eigenvalue weighted by molar-refractivity contribution is 6.30. The summed E-state index contributed by atoms with van der Waals surface area (Å²) in [5.41, 5.74) is 0.864. The summed E-state index contributed by atoms with van der Waals surface area (Å²) in [5.74, 6) is -0.735. The first-order valence-corrected chi connectivity index (χ1v) is 6.58. The van der Waals surface area contributed by atoms with Crippen molar-refractivity contribution in [1.82, 2.24) is 5.32 Å². The number of amides is 1. The Bertz CT molecular complexity index is 448. The molecule has 1 rings (SSSR count). The van der Waals surface area contributed by atoms with Gasteiger partial charge < -0.3 is 10.4 Å². The second-order valence-corrected chi connectivity index (χ2v) is 5.08. The van der Waals surface area contributed by atoms with Crippen LogP contribution in [0.2, 0.25) is 5.02 Å². The van der Waals surface area contributed by atoms with Crippen LogP contribution < -0.4 is 5.32 Å². The summed E-state index contributed by atoms with van der Waals surface area (Å²) < 4.78 is 0. The fourth-order valence-corrected chi connectivity index (χ4v) is 1.87. The van der Waals surface area contributed by atoms with E-state index in [9.17, 15) is 9.59 Å². The van der Waals surface area contributed by atoms with E-state index >= 15 is 0 Å². The average Bonchev–Trinajstić information content (AvgIpc) is 2.34. The Balaban J connectivity index is 2.30. The molecule has 0 saturated carbocycles. The molecule has 1 aromatic rings. The van der Waals surface area contributed by atoms with E-state index in [0.29, 0.717) is 18.0 Å². The molecule has 0 fully saturated rings. The van der Waals surface area contributed by atoms with Gasteiger partial charge in [0.1, 0.15) is 0 Å². The number of carbonyl (C=O) groups excluding carboxylic acids is 1. The van der Waals surface area contributed by atoms with Crippen molar-refractivity contribution in [3.05, 3.63) is 34.9 Å². The van der Waals surface area contributed by atoms with Crippen LogP contribution in [-0.4, -0.2) is 23.5 Å². The first kappa shape index (κ1) is 15.5. The Morgan fingerprint density at radius 1 is 1.42 bits per heavy atom. The van der Waals surface area contributed by atoms with Crippen LogP contribution in [0.3, 0.4) is 0 Å². The predicted molar refractivity (Wildman–Crippen MR) is 74.2 cm³/mol. The topological polar surface area (TPSA) is 66.4 Å². The van der Waals surface area contributed by atoms with Crippen molar-refractivity contribution in [2.45, 2.75) is 26.2 Å². The SMILES string of the molecule is CC(CCC(=O)O)CNC(=O)Cc1cccc(Cl)c1. The molecule has 2 N–H and O–H groups in total. The fraction of sp³-hybridized carbons (Fsp3) is 0.429. The highest BCUT2D eigenvalue weighted by Crippen LogP contribution is 2.11. The molecule has 0 spiro atoms. The van der Waals surface area contributed by atoms with Gasteiger partial charge in [0, 0.05) is 18.0 Å². The van der Waals surface area contributed by atoms with E-state index in [0.717, 1.165) is 5.56 Å². The lowest BCUT2D eigenvalue weighted by Gasteiger charge is -2.11. The number of benzene rings is 1. The Hall–Kier alpha value is -1.55. The van der Waals surface area contributed by atoms with Gasteiger partial charge in [0.25, 0.3) is 0 Å². The molecule has 0 aromatic heterocycles. The Morgan fingerprint density at radius 2 is 2.16 bits per heavy atom. The minimum absolute atomic E-state index is 0.0792. The normalized spacial score (nSPS) is 11.9. The van der Waals surface area contributed by atoms with Gasteiger partial charge in [-0.15, -0.1) is 0 Å². The predicted octanol–water partition coefficient (Wildman–Crippen LogP) is 2.50. The molecule has 1 aromatic carbocycles. The molecule has 1 atom stereocenters. The Kier molecular flexibility index (Phi) is 6.36. The second kappa shape index (κ2) is 7.79. The van der Waals surface area contributed by atoms with Crippen LogP contribution in [0.5, 0.6) is 0 Å². The molecule has 0 aliphatic carbocycles. The maximum atomic E-state index is 11.7. The van der Waals surface area contributed by atoms with Gasteiger partial charge >= 0.3 is 5.97 Å². The average molecular weight is 284 g/mol. The van der Waals surface area contributed by atoms with Gasteiger partial charge in [-0.2, -0.15) is 0 Å². The number of rotatable bonds is 7. The smallest absolute Gasteiger partial charge is 0.303 e. The number of halogens is 1. The van der Waals surface area contributed by atoms with Crippen LogP contribution in [0.1, 0.15) is 25.3 Å². The number of hydrogen-bond acceptors (Lipinski definition) is 2. The zero-order valence-electron chi connectivity index (χ0n) is 10.9. The molecule has 0 heterocycles. The summed E-state index contributed by atoms with van der Waals surface area (Å²) in [6.45, 7) is 2.41. The van der Waals surface area contributed by atoms with Gasteiger partial charge in [0.15, 0.2) is 0 Å². The van der Waals surface area contributed by atoms with E-state index in [-0.39, 0.29) is 24.7 Å². The maximum absolute atomic E-state index is 11.7. The molecule has 0 radical (unpaired) electrons. The van der Waals surface area contributed by atoms with Crippen LogP contribution in [0, 0.1) is 5.92 Å². The summed E-state index contributed by atoms with van der Waals surface area (Å²) >= 11 is 5.84. The number of nitrogens with one attached hydrogen (secondary N) is 1. The van der Waals surface area contributed by atoms with Crippen molar-refractivity contribution >= 4 is 23.5 Å². The summed E-state index contributed by atoms with van der Waals surface area (Å²) in [5, 5.41) is 12.0. The van der Waals surface area contributed by atoms with Gasteiger partial charge in [-0.3, -0.25) is 9.59 Å². The minimum Gasteiger partial charge on any atom is -0.481 e. The van der Waals surface area contributed by atoms with E-state index in [1.165, 1.54) is 0 Å². The highest BCUT2D eigenvalue weighted by Gasteiger charge is 2.08. The monoisotopic (exact) mass is 283 g/mol. The summed E-state index contributed by atoms with van der Waals surface area (Å²) in [4.78, 5) is 22.1. The molecule has 19 heavy (non-hydrogen) atoms. The molecule has 1 unspecified atom stereocenters. The van der Waals surface area contributed by atoms with E-state index in [1.54, 1.807) is 18.2 Å². The van der Waals surface area contributed by atoms with Crippen LogP contribution in [0.4, 0.5) is 0 Å². The van der Waals surface area contributed by atoms with Crippen molar-refractivity contribution < 1.29 is 14.7 Å². The van der Waals surface area contributed by atoms with Crippen molar-refractivity contribution in [3.8, 4) is 0 Å². The molecule has 0 bridgehead atoms. The van der Waals surface area contributed by atoms with Crippen LogP contribution >= 0.6 is 11.6 Å². The summed E-state index contributed by atoms with van der Waals surface area (Å²) in [6.07, 6.45) is 0.977.